The Hall–Kier alpha value is -0.780. The molecule has 0 spiro atoms. The Bertz CT molecular complexity index is 254. The van der Waals surface area contributed by atoms with E-state index in [0.29, 0.717) is 0 Å². The van der Waals surface area contributed by atoms with Crippen LogP contribution in [0, 0.1) is 18.8 Å². The molecule has 0 unspecified atom stereocenters. The summed E-state index contributed by atoms with van der Waals surface area (Å²) < 4.78 is 0. The molecule has 0 aromatic heterocycles. The first-order valence-electron chi connectivity index (χ1n) is 8.29. The van der Waals surface area contributed by atoms with Crippen molar-refractivity contribution in [2.75, 3.05) is 40.3 Å². The Morgan fingerprint density at radius 1 is 1.19 bits per heavy atom. The normalized spacial score (nSPS) is 15.5. The highest BCUT2D eigenvalue weighted by atomic mass is 15.1. The van der Waals surface area contributed by atoms with Crippen molar-refractivity contribution in [2.24, 2.45) is 5.92 Å². The number of terminal acetylenes is 1. The topological polar surface area (TPSA) is 6.48 Å². The molecule has 0 aliphatic carbocycles. The van der Waals surface area contributed by atoms with E-state index in [9.17, 15) is 0 Å². The van der Waals surface area contributed by atoms with Gasteiger partial charge in [0, 0.05) is 0 Å². The lowest BCUT2D eigenvalue weighted by atomic mass is 9.93. The molecule has 1 saturated heterocycles. The van der Waals surface area contributed by atoms with Gasteiger partial charge < -0.3 is 9.80 Å². The van der Waals surface area contributed by atoms with E-state index in [1.807, 2.05) is 6.92 Å². The SMILES string of the molecule is C#C.CC=C(C)C.CCCN1CCC(CCN(C)C)CC1. The monoisotopic (exact) mass is 294 g/mol. The van der Waals surface area contributed by atoms with Crippen molar-refractivity contribution in [1.29, 1.82) is 0 Å². The molecule has 21 heavy (non-hydrogen) atoms. The maximum absolute atomic E-state index is 4.00. The molecule has 2 nitrogen and oxygen atoms in total. The van der Waals surface area contributed by atoms with E-state index in [1.165, 1.54) is 57.4 Å². The lowest BCUT2D eigenvalue weighted by Crippen LogP contribution is -2.35. The minimum absolute atomic E-state index is 0.991. The van der Waals surface area contributed by atoms with Gasteiger partial charge in [0.05, 0.1) is 0 Å². The predicted octanol–water partition coefficient (Wildman–Crippen LogP) is 4.28. The fraction of sp³-hybridized carbons (Fsp3) is 0.789. The smallest absolute Gasteiger partial charge is 0.00161 e. The van der Waals surface area contributed by atoms with E-state index >= 15 is 0 Å². The van der Waals surface area contributed by atoms with Gasteiger partial charge in [0.1, 0.15) is 0 Å². The third kappa shape index (κ3) is 15.4. The summed E-state index contributed by atoms with van der Waals surface area (Å²) in [6.07, 6.45) is 15.6. The summed E-state index contributed by atoms with van der Waals surface area (Å²) >= 11 is 0. The summed E-state index contributed by atoms with van der Waals surface area (Å²) in [4.78, 5) is 4.92. The molecule has 0 aromatic rings. The predicted molar refractivity (Wildman–Crippen MR) is 97.6 cm³/mol. The summed E-state index contributed by atoms with van der Waals surface area (Å²) in [5.41, 5.74) is 1.38. The molecule has 0 N–H and O–H groups in total. The van der Waals surface area contributed by atoms with Gasteiger partial charge in [0.15, 0.2) is 0 Å². The highest BCUT2D eigenvalue weighted by Gasteiger charge is 2.17. The molecule has 1 rings (SSSR count). The average molecular weight is 295 g/mol. The molecule has 1 aliphatic rings. The van der Waals surface area contributed by atoms with Crippen LogP contribution in [0.2, 0.25) is 0 Å². The second-order valence-electron chi connectivity index (χ2n) is 6.24. The zero-order valence-corrected chi connectivity index (χ0v) is 15.4. The van der Waals surface area contributed by atoms with Gasteiger partial charge in [-0.05, 0) is 92.6 Å². The van der Waals surface area contributed by atoms with E-state index in [0.717, 1.165) is 5.92 Å². The van der Waals surface area contributed by atoms with Crippen molar-refractivity contribution in [3.63, 3.8) is 0 Å². The molecular formula is C19H38N2. The first-order chi connectivity index (χ1) is 9.99. The number of likely N-dealkylation sites (tertiary alicyclic amines) is 1. The molecule has 0 atom stereocenters. The highest BCUT2D eigenvalue weighted by Crippen LogP contribution is 2.20. The number of allylic oxidation sites excluding steroid dienone is 2. The van der Waals surface area contributed by atoms with Crippen molar-refractivity contribution in [1.82, 2.24) is 9.80 Å². The van der Waals surface area contributed by atoms with Crippen LogP contribution in [0.25, 0.3) is 0 Å². The second kappa shape index (κ2) is 15.6. The van der Waals surface area contributed by atoms with Gasteiger partial charge >= 0.3 is 0 Å². The van der Waals surface area contributed by atoms with Crippen LogP contribution in [-0.4, -0.2) is 50.1 Å². The fourth-order valence-corrected chi connectivity index (χ4v) is 2.26. The minimum Gasteiger partial charge on any atom is -0.309 e. The molecule has 1 heterocycles. The van der Waals surface area contributed by atoms with E-state index in [1.54, 1.807) is 0 Å². The maximum atomic E-state index is 4.00. The quantitative estimate of drug-likeness (QED) is 0.551. The average Bonchev–Trinajstić information content (AvgIpc) is 2.49. The van der Waals surface area contributed by atoms with Crippen molar-refractivity contribution >= 4 is 0 Å². The zero-order chi connectivity index (χ0) is 16.7. The largest absolute Gasteiger partial charge is 0.309 e. The van der Waals surface area contributed by atoms with Gasteiger partial charge in [0.25, 0.3) is 0 Å². The summed E-state index contributed by atoms with van der Waals surface area (Å²) in [6, 6.07) is 0. The lowest BCUT2D eigenvalue weighted by molar-refractivity contribution is 0.172. The molecule has 124 valence electrons. The van der Waals surface area contributed by atoms with E-state index in [-0.39, 0.29) is 0 Å². The van der Waals surface area contributed by atoms with Crippen LogP contribution in [0.5, 0.6) is 0 Å². The van der Waals surface area contributed by atoms with E-state index < -0.39 is 0 Å². The molecule has 0 aromatic carbocycles. The minimum atomic E-state index is 0.991. The van der Waals surface area contributed by atoms with Crippen LogP contribution in [0.1, 0.15) is 53.4 Å². The Kier molecular flexibility index (Phi) is 16.7. The summed E-state index contributed by atoms with van der Waals surface area (Å²) in [6.45, 7) is 13.7. The number of hydrogen-bond donors (Lipinski definition) is 0. The summed E-state index contributed by atoms with van der Waals surface area (Å²) in [5.74, 6) is 0.991. The maximum Gasteiger partial charge on any atom is -0.00161 e. The van der Waals surface area contributed by atoms with Crippen LogP contribution in [0.15, 0.2) is 11.6 Å². The number of hydrogen-bond acceptors (Lipinski definition) is 2. The Morgan fingerprint density at radius 2 is 1.67 bits per heavy atom. The van der Waals surface area contributed by atoms with Gasteiger partial charge in [-0.3, -0.25) is 0 Å². The molecule has 0 radical (unpaired) electrons. The number of rotatable bonds is 5. The Labute approximate surface area is 134 Å². The van der Waals surface area contributed by atoms with Gasteiger partial charge in [-0.15, -0.1) is 12.8 Å². The first-order valence-corrected chi connectivity index (χ1v) is 8.29. The van der Waals surface area contributed by atoms with Crippen LogP contribution in [-0.2, 0) is 0 Å². The van der Waals surface area contributed by atoms with E-state index in [4.69, 9.17) is 0 Å². The fourth-order valence-electron chi connectivity index (χ4n) is 2.26. The van der Waals surface area contributed by atoms with Crippen molar-refractivity contribution in [3.05, 3.63) is 11.6 Å². The summed E-state index contributed by atoms with van der Waals surface area (Å²) in [5, 5.41) is 0. The third-order valence-electron chi connectivity index (χ3n) is 3.81. The number of nitrogens with zero attached hydrogens (tertiary/aromatic N) is 2. The second-order valence-corrected chi connectivity index (χ2v) is 6.24. The van der Waals surface area contributed by atoms with Gasteiger partial charge in [0.2, 0.25) is 0 Å². The standard InChI is InChI=1S/C12H26N2.C5H10.C2H2/c1-4-8-14-10-6-12(7-11-14)5-9-13(2)3;1-4-5(2)3;1-2/h12H,4-11H2,1-3H3;4H,1-3H3;1-2H. The van der Waals surface area contributed by atoms with Gasteiger partial charge in [-0.1, -0.05) is 18.6 Å². The first kappa shape index (κ1) is 22.5. The molecule has 1 aliphatic heterocycles. The zero-order valence-electron chi connectivity index (χ0n) is 15.4. The molecule has 0 bridgehead atoms. The van der Waals surface area contributed by atoms with Crippen LogP contribution >= 0.6 is 0 Å². The summed E-state index contributed by atoms with van der Waals surface area (Å²) in [7, 11) is 4.35. The Balaban J connectivity index is 0. The van der Waals surface area contributed by atoms with Crippen LogP contribution in [0.4, 0.5) is 0 Å². The van der Waals surface area contributed by atoms with Crippen molar-refractivity contribution < 1.29 is 0 Å². The van der Waals surface area contributed by atoms with Crippen LogP contribution < -0.4 is 0 Å². The van der Waals surface area contributed by atoms with Crippen molar-refractivity contribution in [2.45, 2.75) is 53.4 Å². The molecule has 0 saturated carbocycles. The Morgan fingerprint density at radius 3 is 2.00 bits per heavy atom. The van der Waals surface area contributed by atoms with Crippen LogP contribution in [0.3, 0.4) is 0 Å². The lowest BCUT2D eigenvalue weighted by Gasteiger charge is -2.32. The molecule has 1 fully saturated rings. The van der Waals surface area contributed by atoms with E-state index in [2.05, 4.69) is 63.6 Å². The molecule has 0 amide bonds. The molecular weight excluding hydrogens is 256 g/mol. The van der Waals surface area contributed by atoms with Crippen molar-refractivity contribution in [3.8, 4) is 12.8 Å². The molecule has 2 heteroatoms. The third-order valence-corrected chi connectivity index (χ3v) is 3.81. The van der Waals surface area contributed by atoms with Gasteiger partial charge in [-0.2, -0.15) is 0 Å². The number of piperidine rings is 1. The highest BCUT2D eigenvalue weighted by molar-refractivity contribution is 4.88. The van der Waals surface area contributed by atoms with Gasteiger partial charge in [-0.25, -0.2) is 0 Å².